The average molecular weight is 452 g/mol. The van der Waals surface area contributed by atoms with Crippen LogP contribution in [0.3, 0.4) is 0 Å². The number of rotatable bonds is 6. The van der Waals surface area contributed by atoms with Gasteiger partial charge in [-0.2, -0.15) is 0 Å². The van der Waals surface area contributed by atoms with E-state index in [0.717, 1.165) is 11.4 Å². The molecule has 5 aromatic rings. The maximum Gasteiger partial charge on any atom is 0.0396 e. The van der Waals surface area contributed by atoms with Crippen molar-refractivity contribution in [1.82, 2.24) is 0 Å². The van der Waals surface area contributed by atoms with E-state index in [-0.39, 0.29) is 0 Å². The lowest BCUT2D eigenvalue weighted by Gasteiger charge is -2.14. The second kappa shape index (κ2) is 10.3. The van der Waals surface area contributed by atoms with Gasteiger partial charge in [0.15, 0.2) is 0 Å². The zero-order chi connectivity index (χ0) is 24.0. The number of nitrogens with one attached hydrogen (secondary N) is 1. The summed E-state index contributed by atoms with van der Waals surface area (Å²) >= 11 is 0. The summed E-state index contributed by atoms with van der Waals surface area (Å²) in [5.74, 6) is 0. The molecule has 0 amide bonds. The molecule has 0 radical (unpaired) electrons. The van der Waals surface area contributed by atoms with Crippen molar-refractivity contribution in [1.29, 1.82) is 0 Å². The van der Waals surface area contributed by atoms with Crippen LogP contribution < -0.4 is 5.32 Å². The van der Waals surface area contributed by atoms with E-state index in [1.807, 2.05) is 0 Å². The Balaban J connectivity index is 1.49. The topological polar surface area (TPSA) is 12.0 Å². The molecule has 0 aliphatic carbocycles. The lowest BCUT2D eigenvalue weighted by atomic mass is 9.97. The highest BCUT2D eigenvalue weighted by Gasteiger charge is 2.08. The van der Waals surface area contributed by atoms with E-state index in [2.05, 4.69) is 153 Å². The Morgan fingerprint density at radius 1 is 0.600 bits per heavy atom. The molecule has 0 fully saturated rings. The quantitative estimate of drug-likeness (QED) is 0.253. The van der Waals surface area contributed by atoms with E-state index in [1.165, 1.54) is 44.2 Å². The zero-order valence-corrected chi connectivity index (χ0v) is 20.2. The first kappa shape index (κ1) is 22.4. The van der Waals surface area contributed by atoms with Crippen molar-refractivity contribution in [2.24, 2.45) is 0 Å². The molecule has 0 atom stereocenters. The van der Waals surface area contributed by atoms with Gasteiger partial charge in [-0.1, -0.05) is 103 Å². The molecule has 1 N–H and O–H groups in total. The van der Waals surface area contributed by atoms with E-state index in [4.69, 9.17) is 0 Å². The van der Waals surface area contributed by atoms with Crippen molar-refractivity contribution in [3.8, 4) is 22.3 Å². The van der Waals surface area contributed by atoms with Gasteiger partial charge in [0.2, 0.25) is 0 Å². The summed E-state index contributed by atoms with van der Waals surface area (Å²) in [6, 6.07) is 41.0. The van der Waals surface area contributed by atoms with Crippen LogP contribution in [0.4, 0.5) is 11.4 Å². The Morgan fingerprint density at radius 3 is 2.11 bits per heavy atom. The summed E-state index contributed by atoms with van der Waals surface area (Å²) in [7, 11) is 0. The molecule has 0 aliphatic heterocycles. The third kappa shape index (κ3) is 4.95. The largest absolute Gasteiger partial charge is 0.355 e. The Morgan fingerprint density at radius 2 is 1.34 bits per heavy atom. The molecule has 35 heavy (non-hydrogen) atoms. The summed E-state index contributed by atoms with van der Waals surface area (Å²) in [6.07, 6.45) is 6.41. The molecule has 0 saturated carbocycles. The molecule has 0 unspecified atom stereocenters. The van der Waals surface area contributed by atoms with Gasteiger partial charge in [0, 0.05) is 11.4 Å². The summed E-state index contributed by atoms with van der Waals surface area (Å²) in [5.41, 5.74) is 9.42. The molecule has 1 heteroatoms. The normalized spacial score (nSPS) is 11.8. The van der Waals surface area contributed by atoms with Crippen LogP contribution in [0.25, 0.3) is 38.6 Å². The molecule has 5 aromatic carbocycles. The second-order valence-electron chi connectivity index (χ2n) is 8.64. The number of allylic oxidation sites excluding steroid dienone is 4. The first-order chi connectivity index (χ1) is 17.2. The Bertz CT molecular complexity index is 1500. The van der Waals surface area contributed by atoms with Crippen molar-refractivity contribution in [2.75, 3.05) is 5.32 Å². The highest BCUT2D eigenvalue weighted by molar-refractivity contribution is 5.96. The average Bonchev–Trinajstić information content (AvgIpc) is 2.92. The van der Waals surface area contributed by atoms with Crippen molar-refractivity contribution in [3.05, 3.63) is 139 Å². The van der Waals surface area contributed by atoms with Crippen LogP contribution in [0.5, 0.6) is 0 Å². The standard InChI is InChI=1S/C34H29N/c1-3-11-25(4-2)29-22-30(26-12-6-5-7-13-26)24-32(23-29)35-31-20-18-28(19-21-31)34-17-10-15-27-14-8-9-16-33(27)34/h3-24,35H,1-2H3/b11-3-,25-4+. The SMILES string of the molecule is C/C=C\C(=C/C)c1cc(Nc2ccc(-c3cccc4ccccc34)cc2)cc(-c2ccccc2)c1. The predicted octanol–water partition coefficient (Wildman–Crippen LogP) is 9.90. The molecule has 0 aromatic heterocycles. The minimum atomic E-state index is 1.07. The molecular formula is C34H29N. The predicted molar refractivity (Wildman–Crippen MR) is 153 cm³/mol. The highest BCUT2D eigenvalue weighted by atomic mass is 14.9. The smallest absolute Gasteiger partial charge is 0.0396 e. The summed E-state index contributed by atoms with van der Waals surface area (Å²) in [4.78, 5) is 0. The minimum Gasteiger partial charge on any atom is -0.355 e. The van der Waals surface area contributed by atoms with Gasteiger partial charge in [0.25, 0.3) is 0 Å². The van der Waals surface area contributed by atoms with Gasteiger partial charge in [-0.25, -0.2) is 0 Å². The van der Waals surface area contributed by atoms with Gasteiger partial charge in [0.05, 0.1) is 0 Å². The number of anilines is 2. The van der Waals surface area contributed by atoms with Crippen molar-refractivity contribution < 1.29 is 0 Å². The van der Waals surface area contributed by atoms with Crippen LogP contribution in [0.2, 0.25) is 0 Å². The van der Waals surface area contributed by atoms with Crippen LogP contribution in [0.15, 0.2) is 133 Å². The lowest BCUT2D eigenvalue weighted by Crippen LogP contribution is -1.94. The number of hydrogen-bond donors (Lipinski definition) is 1. The monoisotopic (exact) mass is 451 g/mol. The van der Waals surface area contributed by atoms with E-state index < -0.39 is 0 Å². The molecule has 1 nitrogen and oxygen atoms in total. The fourth-order valence-corrected chi connectivity index (χ4v) is 4.58. The maximum absolute atomic E-state index is 3.64. The van der Waals surface area contributed by atoms with Crippen LogP contribution in [0, 0.1) is 0 Å². The third-order valence-electron chi connectivity index (χ3n) is 6.30. The molecule has 0 bridgehead atoms. The van der Waals surface area contributed by atoms with Crippen molar-refractivity contribution >= 4 is 27.7 Å². The number of benzene rings is 5. The fourth-order valence-electron chi connectivity index (χ4n) is 4.58. The first-order valence-electron chi connectivity index (χ1n) is 12.1. The summed E-state index contributed by atoms with van der Waals surface area (Å²) in [5, 5.41) is 6.18. The Kier molecular flexibility index (Phi) is 6.59. The Hall–Kier alpha value is -4.36. The fraction of sp³-hybridized carbons (Fsp3) is 0.0588. The second-order valence-corrected chi connectivity index (χ2v) is 8.64. The van der Waals surface area contributed by atoms with Gasteiger partial charge in [-0.3, -0.25) is 0 Å². The minimum absolute atomic E-state index is 1.07. The van der Waals surface area contributed by atoms with Gasteiger partial charge in [-0.15, -0.1) is 0 Å². The summed E-state index contributed by atoms with van der Waals surface area (Å²) < 4.78 is 0. The van der Waals surface area contributed by atoms with Crippen molar-refractivity contribution in [3.63, 3.8) is 0 Å². The summed E-state index contributed by atoms with van der Waals surface area (Å²) in [6.45, 7) is 4.14. The van der Waals surface area contributed by atoms with Gasteiger partial charge in [0.1, 0.15) is 0 Å². The Labute approximate surface area is 208 Å². The van der Waals surface area contributed by atoms with Crippen LogP contribution >= 0.6 is 0 Å². The van der Waals surface area contributed by atoms with Crippen LogP contribution in [-0.2, 0) is 0 Å². The van der Waals surface area contributed by atoms with E-state index in [1.54, 1.807) is 0 Å². The molecule has 0 saturated heterocycles. The zero-order valence-electron chi connectivity index (χ0n) is 20.2. The molecule has 170 valence electrons. The maximum atomic E-state index is 3.64. The molecular weight excluding hydrogens is 422 g/mol. The van der Waals surface area contributed by atoms with E-state index in [9.17, 15) is 0 Å². The third-order valence-corrected chi connectivity index (χ3v) is 6.30. The van der Waals surface area contributed by atoms with Gasteiger partial charge in [-0.05, 0) is 88.3 Å². The molecule has 0 heterocycles. The van der Waals surface area contributed by atoms with E-state index >= 15 is 0 Å². The number of hydrogen-bond acceptors (Lipinski definition) is 1. The molecule has 0 aliphatic rings. The first-order valence-corrected chi connectivity index (χ1v) is 12.1. The lowest BCUT2D eigenvalue weighted by molar-refractivity contribution is 1.51. The van der Waals surface area contributed by atoms with Gasteiger partial charge >= 0.3 is 0 Å². The van der Waals surface area contributed by atoms with Crippen LogP contribution in [-0.4, -0.2) is 0 Å². The van der Waals surface area contributed by atoms with E-state index in [0.29, 0.717) is 0 Å². The van der Waals surface area contributed by atoms with Crippen LogP contribution in [0.1, 0.15) is 19.4 Å². The highest BCUT2D eigenvalue weighted by Crippen LogP contribution is 2.32. The van der Waals surface area contributed by atoms with Gasteiger partial charge < -0.3 is 5.32 Å². The number of fused-ring (bicyclic) bond motifs is 1. The molecule has 5 rings (SSSR count). The molecule has 0 spiro atoms. The van der Waals surface area contributed by atoms with Crippen molar-refractivity contribution in [2.45, 2.75) is 13.8 Å².